The van der Waals surface area contributed by atoms with E-state index in [9.17, 15) is 25.2 Å². The van der Waals surface area contributed by atoms with Crippen LogP contribution in [-0.2, 0) is 4.79 Å². The second-order valence-electron chi connectivity index (χ2n) is 6.29. The molecule has 0 spiro atoms. The zero-order valence-corrected chi connectivity index (χ0v) is 16.1. The summed E-state index contributed by atoms with van der Waals surface area (Å²) in [4.78, 5) is 10.3. The van der Waals surface area contributed by atoms with Gasteiger partial charge in [0, 0.05) is 5.97 Å². The largest absolute Gasteiger partial charge is 0.550 e. The molecule has 0 aliphatic carbocycles. The fourth-order valence-electron chi connectivity index (χ4n) is 2.11. The summed E-state index contributed by atoms with van der Waals surface area (Å²) in [5.74, 6) is -1.03. The van der Waals surface area contributed by atoms with Crippen LogP contribution in [-0.4, -0.2) is 39.6 Å². The zero-order valence-electron chi connectivity index (χ0n) is 16.1. The van der Waals surface area contributed by atoms with Crippen LogP contribution >= 0.6 is 0 Å². The molecule has 0 saturated heterocycles. The fraction of sp³-hybridized carbons (Fsp3) is 0.500. The summed E-state index contributed by atoms with van der Waals surface area (Å²) in [6.07, 6.45) is 19.9. The quantitative estimate of drug-likeness (QED) is 0.300. The van der Waals surface area contributed by atoms with Gasteiger partial charge in [-0.05, 0) is 32.1 Å². The third kappa shape index (κ3) is 18.6. The van der Waals surface area contributed by atoms with Gasteiger partial charge in [-0.1, -0.05) is 80.5 Å². The molecule has 5 heteroatoms. The van der Waals surface area contributed by atoms with Gasteiger partial charge in [0.2, 0.25) is 0 Å². The number of carbonyl (C=O) groups is 1. The van der Waals surface area contributed by atoms with Crippen molar-refractivity contribution in [3.63, 3.8) is 0 Å². The van der Waals surface area contributed by atoms with Gasteiger partial charge in [-0.3, -0.25) is 0 Å². The molecule has 3 unspecified atom stereocenters. The summed E-state index contributed by atoms with van der Waals surface area (Å²) in [7, 11) is 0. The smallest absolute Gasteiger partial charge is 0.0758 e. The lowest BCUT2D eigenvalue weighted by molar-refractivity contribution is -0.305. The summed E-state index contributed by atoms with van der Waals surface area (Å²) < 4.78 is 0. The second kappa shape index (κ2) is 17.5. The lowest BCUT2D eigenvalue weighted by Gasteiger charge is -2.05. The molecule has 0 rings (SSSR count). The Morgan fingerprint density at radius 2 is 1.41 bits per heavy atom. The van der Waals surface area contributed by atoms with Crippen molar-refractivity contribution in [3.05, 3.63) is 60.8 Å². The van der Waals surface area contributed by atoms with Crippen LogP contribution in [0.1, 0.15) is 51.9 Å². The number of aliphatic hydroxyl groups is 3. The Labute approximate surface area is 162 Å². The van der Waals surface area contributed by atoms with Crippen LogP contribution in [0.3, 0.4) is 0 Å². The van der Waals surface area contributed by atoms with E-state index in [1.165, 1.54) is 0 Å². The van der Waals surface area contributed by atoms with Crippen molar-refractivity contribution in [2.24, 2.45) is 0 Å². The highest BCUT2D eigenvalue weighted by atomic mass is 16.4. The molecule has 0 radical (unpaired) electrons. The molecule has 3 N–H and O–H groups in total. The Balaban J connectivity index is 3.88. The summed E-state index contributed by atoms with van der Waals surface area (Å²) in [5.41, 5.74) is 0. The molecule has 27 heavy (non-hydrogen) atoms. The molecule has 152 valence electrons. The molecule has 0 heterocycles. The van der Waals surface area contributed by atoms with Crippen molar-refractivity contribution >= 4 is 5.97 Å². The van der Waals surface area contributed by atoms with Crippen LogP contribution < -0.4 is 5.11 Å². The number of hydrogen-bond acceptors (Lipinski definition) is 5. The number of carboxylic acids is 1. The van der Waals surface area contributed by atoms with E-state index in [2.05, 4.69) is 0 Å². The van der Waals surface area contributed by atoms with Crippen molar-refractivity contribution in [1.82, 2.24) is 0 Å². The Kier molecular flexibility index (Phi) is 16.2. The highest BCUT2D eigenvalue weighted by Crippen LogP contribution is 2.06. The first kappa shape index (κ1) is 25.1. The first-order valence-corrected chi connectivity index (χ1v) is 9.54. The number of carboxylic acid groups (broad SMARTS) is 1. The number of hydrogen-bond donors (Lipinski definition) is 3. The van der Waals surface area contributed by atoms with Gasteiger partial charge >= 0.3 is 0 Å². The van der Waals surface area contributed by atoms with Gasteiger partial charge in [0.15, 0.2) is 0 Å². The summed E-state index contributed by atoms with van der Waals surface area (Å²) in [6, 6.07) is 0. The number of allylic oxidation sites excluding steroid dienone is 6. The van der Waals surface area contributed by atoms with Gasteiger partial charge in [0.25, 0.3) is 0 Å². The molecule has 3 atom stereocenters. The monoisotopic (exact) mass is 377 g/mol. The zero-order chi connectivity index (χ0) is 20.3. The summed E-state index contributed by atoms with van der Waals surface area (Å²) >= 11 is 0. The van der Waals surface area contributed by atoms with E-state index in [0.29, 0.717) is 25.7 Å². The average molecular weight is 378 g/mol. The molecular weight excluding hydrogens is 344 g/mol. The van der Waals surface area contributed by atoms with Gasteiger partial charge < -0.3 is 25.2 Å². The van der Waals surface area contributed by atoms with Crippen LogP contribution in [0.2, 0.25) is 0 Å². The molecule has 0 aliphatic heterocycles. The number of aliphatic carboxylic acids is 1. The van der Waals surface area contributed by atoms with E-state index in [0.717, 1.165) is 12.8 Å². The van der Waals surface area contributed by atoms with Gasteiger partial charge in [-0.25, -0.2) is 0 Å². The molecular formula is C22H33O5-. The molecule has 0 aromatic rings. The maximum Gasteiger partial charge on any atom is 0.0758 e. The highest BCUT2D eigenvalue weighted by Gasteiger charge is 1.98. The lowest BCUT2D eigenvalue weighted by atomic mass is 10.1. The average Bonchev–Trinajstić information content (AvgIpc) is 2.63. The standard InChI is InChI=1S/C22H34O5/c1-2-19(23)13-7-3-4-8-14-20(24)15-9-5-10-16-21(25)17-11-6-12-18-22(26)27/h3-5,7-10,13-14,16,19-21,23-25H,2,6,11-12,15,17-18H2,1H3,(H,26,27)/p-1/b4-3-,9-5-,13-7+,14-8+,16-10+. The van der Waals surface area contributed by atoms with E-state index in [4.69, 9.17) is 0 Å². The Morgan fingerprint density at radius 3 is 2.04 bits per heavy atom. The van der Waals surface area contributed by atoms with Gasteiger partial charge in [-0.15, -0.1) is 0 Å². The first-order chi connectivity index (χ1) is 13.0. The van der Waals surface area contributed by atoms with Gasteiger partial charge in [0.05, 0.1) is 18.3 Å². The van der Waals surface area contributed by atoms with E-state index >= 15 is 0 Å². The van der Waals surface area contributed by atoms with Crippen LogP contribution in [0.15, 0.2) is 60.8 Å². The molecule has 5 nitrogen and oxygen atoms in total. The highest BCUT2D eigenvalue weighted by molar-refractivity contribution is 5.64. The molecule has 0 amide bonds. The van der Waals surface area contributed by atoms with Crippen LogP contribution in [0.4, 0.5) is 0 Å². The maximum absolute atomic E-state index is 10.3. The van der Waals surface area contributed by atoms with Crippen molar-refractivity contribution in [1.29, 1.82) is 0 Å². The third-order valence-corrected chi connectivity index (χ3v) is 3.76. The summed E-state index contributed by atoms with van der Waals surface area (Å²) in [6.45, 7) is 1.90. The molecule has 0 aromatic heterocycles. The Bertz CT molecular complexity index is 517. The number of unbranched alkanes of at least 4 members (excludes halogenated alkanes) is 2. The van der Waals surface area contributed by atoms with Gasteiger partial charge in [-0.2, -0.15) is 0 Å². The summed E-state index contributed by atoms with van der Waals surface area (Å²) in [5, 5.41) is 39.2. The molecule has 0 aliphatic rings. The van der Waals surface area contributed by atoms with Crippen LogP contribution in [0.5, 0.6) is 0 Å². The minimum Gasteiger partial charge on any atom is -0.550 e. The second-order valence-corrected chi connectivity index (χ2v) is 6.29. The minimum atomic E-state index is -1.03. The van der Waals surface area contributed by atoms with Crippen molar-refractivity contribution in [2.75, 3.05) is 0 Å². The Hall–Kier alpha value is -1.95. The predicted molar refractivity (Wildman–Crippen MR) is 107 cm³/mol. The number of aliphatic hydroxyl groups excluding tert-OH is 3. The predicted octanol–water partition coefficient (Wildman–Crippen LogP) is 2.35. The molecule has 0 saturated carbocycles. The van der Waals surface area contributed by atoms with Crippen molar-refractivity contribution in [2.45, 2.75) is 70.2 Å². The normalized spacial score (nSPS) is 16.3. The van der Waals surface area contributed by atoms with E-state index in [1.807, 2.05) is 13.0 Å². The van der Waals surface area contributed by atoms with Crippen LogP contribution in [0, 0.1) is 0 Å². The third-order valence-electron chi connectivity index (χ3n) is 3.76. The van der Waals surface area contributed by atoms with E-state index in [1.54, 1.807) is 54.7 Å². The lowest BCUT2D eigenvalue weighted by Crippen LogP contribution is -2.21. The van der Waals surface area contributed by atoms with Gasteiger partial charge in [0.1, 0.15) is 0 Å². The Morgan fingerprint density at radius 1 is 0.815 bits per heavy atom. The van der Waals surface area contributed by atoms with Crippen molar-refractivity contribution < 1.29 is 25.2 Å². The fourth-order valence-corrected chi connectivity index (χ4v) is 2.11. The molecule has 0 bridgehead atoms. The molecule has 0 fully saturated rings. The van der Waals surface area contributed by atoms with E-state index in [-0.39, 0.29) is 6.42 Å². The van der Waals surface area contributed by atoms with E-state index < -0.39 is 24.3 Å². The maximum atomic E-state index is 10.3. The minimum absolute atomic E-state index is 0.0694. The number of rotatable bonds is 15. The number of carbonyl (C=O) groups excluding carboxylic acids is 1. The first-order valence-electron chi connectivity index (χ1n) is 9.54. The van der Waals surface area contributed by atoms with Crippen molar-refractivity contribution in [3.8, 4) is 0 Å². The van der Waals surface area contributed by atoms with Crippen LogP contribution in [0.25, 0.3) is 0 Å². The topological polar surface area (TPSA) is 101 Å². The molecule has 0 aromatic carbocycles. The SMILES string of the molecule is CCC(O)/C=C/C=C\C=C\C(O)C/C=C\C=C\C(O)CCCCCC(=O)[O-].